The van der Waals surface area contributed by atoms with Gasteiger partial charge in [0.2, 0.25) is 0 Å². The van der Waals surface area contributed by atoms with Crippen LogP contribution in [0.15, 0.2) is 41.7 Å². The number of aromatic nitrogens is 5. The molecule has 8 heteroatoms. The van der Waals surface area contributed by atoms with E-state index in [0.29, 0.717) is 12.3 Å². The zero-order valence-electron chi connectivity index (χ0n) is 13.4. The van der Waals surface area contributed by atoms with Crippen molar-refractivity contribution in [3.05, 3.63) is 37.2 Å². The van der Waals surface area contributed by atoms with E-state index in [-0.39, 0.29) is 6.04 Å². The Morgan fingerprint density at radius 3 is 3.24 bits per heavy atom. The molecule has 1 aliphatic rings. The molecule has 0 unspecified atom stereocenters. The molecule has 3 aromatic heterocycles. The second-order valence-corrected chi connectivity index (χ2v) is 6.05. The Bertz CT molecular complexity index is 1030. The van der Waals surface area contributed by atoms with Crippen molar-refractivity contribution < 1.29 is 9.15 Å². The van der Waals surface area contributed by atoms with E-state index in [1.807, 2.05) is 18.2 Å². The number of rotatable bonds is 4. The fourth-order valence-corrected chi connectivity index (χ4v) is 3.42. The molecule has 0 amide bonds. The van der Waals surface area contributed by atoms with Crippen LogP contribution in [-0.2, 0) is 0 Å². The summed E-state index contributed by atoms with van der Waals surface area (Å²) in [7, 11) is 0. The third kappa shape index (κ3) is 2.37. The van der Waals surface area contributed by atoms with Crippen LogP contribution < -0.4 is 9.64 Å². The van der Waals surface area contributed by atoms with Gasteiger partial charge in [-0.25, -0.2) is 19.9 Å². The van der Waals surface area contributed by atoms with E-state index in [2.05, 4.69) is 29.8 Å². The number of benzene rings is 1. The molecule has 0 spiro atoms. The summed E-state index contributed by atoms with van der Waals surface area (Å²) in [6.07, 6.45) is 6.80. The molecule has 126 valence electrons. The van der Waals surface area contributed by atoms with Crippen LogP contribution in [0.1, 0.15) is 12.8 Å². The summed E-state index contributed by atoms with van der Waals surface area (Å²) in [5, 5.41) is 0. The van der Waals surface area contributed by atoms with Crippen LogP contribution in [0.25, 0.3) is 22.3 Å². The SMILES string of the molecule is c1cc(OC[C@H]2CCCN2c2ncnc3nc[nH]c23)c2ncoc2c1. The maximum atomic E-state index is 6.07. The largest absolute Gasteiger partial charge is 0.489 e. The molecule has 0 radical (unpaired) electrons. The minimum absolute atomic E-state index is 0.239. The first-order valence-corrected chi connectivity index (χ1v) is 8.26. The summed E-state index contributed by atoms with van der Waals surface area (Å²) in [4.78, 5) is 22.5. The molecule has 4 heterocycles. The number of hydrogen-bond acceptors (Lipinski definition) is 7. The lowest BCUT2D eigenvalue weighted by Crippen LogP contribution is -2.35. The minimum atomic E-state index is 0.239. The van der Waals surface area contributed by atoms with Crippen molar-refractivity contribution in [1.29, 1.82) is 0 Å². The highest BCUT2D eigenvalue weighted by molar-refractivity contribution is 5.83. The number of nitrogens with zero attached hydrogens (tertiary/aromatic N) is 5. The quantitative estimate of drug-likeness (QED) is 0.612. The average Bonchev–Trinajstić information content (AvgIpc) is 3.38. The van der Waals surface area contributed by atoms with Gasteiger partial charge in [0.1, 0.15) is 24.2 Å². The molecular weight excluding hydrogens is 320 g/mol. The van der Waals surface area contributed by atoms with Crippen molar-refractivity contribution in [3.63, 3.8) is 0 Å². The lowest BCUT2D eigenvalue weighted by atomic mass is 10.2. The molecule has 0 bridgehead atoms. The van der Waals surface area contributed by atoms with Crippen molar-refractivity contribution in [2.45, 2.75) is 18.9 Å². The average molecular weight is 336 g/mol. The molecule has 1 fully saturated rings. The molecule has 5 rings (SSSR count). The van der Waals surface area contributed by atoms with Crippen molar-refractivity contribution in [2.24, 2.45) is 0 Å². The summed E-state index contributed by atoms with van der Waals surface area (Å²) >= 11 is 0. The highest BCUT2D eigenvalue weighted by Gasteiger charge is 2.28. The third-order valence-corrected chi connectivity index (χ3v) is 4.61. The Hall–Kier alpha value is -3.16. The maximum absolute atomic E-state index is 6.07. The van der Waals surface area contributed by atoms with Crippen LogP contribution in [-0.4, -0.2) is 44.1 Å². The maximum Gasteiger partial charge on any atom is 0.182 e. The Morgan fingerprint density at radius 1 is 1.24 bits per heavy atom. The number of anilines is 1. The molecule has 8 nitrogen and oxygen atoms in total. The van der Waals surface area contributed by atoms with Gasteiger partial charge >= 0.3 is 0 Å². The number of nitrogens with one attached hydrogen (secondary N) is 1. The number of ether oxygens (including phenoxy) is 1. The van der Waals surface area contributed by atoms with Crippen molar-refractivity contribution in [3.8, 4) is 5.75 Å². The van der Waals surface area contributed by atoms with Gasteiger partial charge in [0.05, 0.1) is 12.4 Å². The number of imidazole rings is 1. The predicted molar refractivity (Wildman–Crippen MR) is 91.6 cm³/mol. The van der Waals surface area contributed by atoms with E-state index in [9.17, 15) is 0 Å². The zero-order chi connectivity index (χ0) is 16.6. The smallest absolute Gasteiger partial charge is 0.182 e. The molecule has 4 aromatic rings. The molecular formula is C17H16N6O2. The first-order chi connectivity index (χ1) is 12.4. The summed E-state index contributed by atoms with van der Waals surface area (Å²) < 4.78 is 11.4. The van der Waals surface area contributed by atoms with Crippen LogP contribution in [0.5, 0.6) is 5.75 Å². The molecule has 1 saturated heterocycles. The zero-order valence-corrected chi connectivity index (χ0v) is 13.4. The molecule has 25 heavy (non-hydrogen) atoms. The molecule has 1 aliphatic heterocycles. The fourth-order valence-electron chi connectivity index (χ4n) is 3.42. The fraction of sp³-hybridized carbons (Fsp3) is 0.294. The lowest BCUT2D eigenvalue weighted by Gasteiger charge is -2.25. The van der Waals surface area contributed by atoms with Gasteiger partial charge < -0.3 is 19.0 Å². The van der Waals surface area contributed by atoms with Crippen LogP contribution >= 0.6 is 0 Å². The lowest BCUT2D eigenvalue weighted by molar-refractivity contribution is 0.291. The first kappa shape index (κ1) is 14.2. The van der Waals surface area contributed by atoms with E-state index < -0.39 is 0 Å². The van der Waals surface area contributed by atoms with Gasteiger partial charge in [-0.05, 0) is 25.0 Å². The van der Waals surface area contributed by atoms with Gasteiger partial charge in [0, 0.05) is 6.54 Å². The summed E-state index contributed by atoms with van der Waals surface area (Å²) in [5.74, 6) is 1.63. The van der Waals surface area contributed by atoms with Gasteiger partial charge in [-0.15, -0.1) is 0 Å². The van der Waals surface area contributed by atoms with E-state index in [1.54, 1.807) is 12.7 Å². The predicted octanol–water partition coefficient (Wildman–Crippen LogP) is 2.54. The number of para-hydroxylation sites is 1. The monoisotopic (exact) mass is 336 g/mol. The van der Waals surface area contributed by atoms with Gasteiger partial charge in [0.15, 0.2) is 29.0 Å². The number of fused-ring (bicyclic) bond motifs is 2. The van der Waals surface area contributed by atoms with E-state index in [4.69, 9.17) is 9.15 Å². The highest BCUT2D eigenvalue weighted by Crippen LogP contribution is 2.29. The standard InChI is InChI=1S/C17H16N6O2/c1-4-12(14-13(5-1)25-10-22-14)24-7-11-3-2-6-23(11)17-15-16(19-8-18-15)20-9-21-17/h1,4-5,8-11H,2-3,6-7H2,(H,18,19,20,21)/t11-/m1/s1. The van der Waals surface area contributed by atoms with Crippen LogP contribution in [0, 0.1) is 0 Å². The summed E-state index contributed by atoms with van der Waals surface area (Å²) in [6.45, 7) is 1.50. The topological polar surface area (TPSA) is 93.0 Å². The van der Waals surface area contributed by atoms with Crippen LogP contribution in [0.4, 0.5) is 5.82 Å². The molecule has 1 atom stereocenters. The van der Waals surface area contributed by atoms with Gasteiger partial charge in [-0.3, -0.25) is 0 Å². The van der Waals surface area contributed by atoms with E-state index >= 15 is 0 Å². The van der Waals surface area contributed by atoms with Crippen LogP contribution in [0.3, 0.4) is 0 Å². The van der Waals surface area contributed by atoms with E-state index in [0.717, 1.165) is 47.6 Å². The molecule has 1 aromatic carbocycles. The van der Waals surface area contributed by atoms with Gasteiger partial charge in [-0.1, -0.05) is 6.07 Å². The minimum Gasteiger partial charge on any atom is -0.489 e. The third-order valence-electron chi connectivity index (χ3n) is 4.61. The Kier molecular flexibility index (Phi) is 3.26. The Labute approximate surface area is 142 Å². The van der Waals surface area contributed by atoms with E-state index in [1.165, 1.54) is 6.39 Å². The second-order valence-electron chi connectivity index (χ2n) is 6.05. The Morgan fingerprint density at radius 2 is 2.24 bits per heavy atom. The normalized spacial score (nSPS) is 17.6. The number of hydrogen-bond donors (Lipinski definition) is 1. The van der Waals surface area contributed by atoms with Gasteiger partial charge in [0.25, 0.3) is 0 Å². The summed E-state index contributed by atoms with van der Waals surface area (Å²) in [5.41, 5.74) is 3.04. The number of aromatic amines is 1. The molecule has 0 saturated carbocycles. The summed E-state index contributed by atoms with van der Waals surface area (Å²) in [6, 6.07) is 5.95. The Balaban J connectivity index is 1.40. The van der Waals surface area contributed by atoms with Crippen molar-refractivity contribution >= 4 is 28.1 Å². The van der Waals surface area contributed by atoms with Gasteiger partial charge in [-0.2, -0.15) is 0 Å². The van der Waals surface area contributed by atoms with Crippen molar-refractivity contribution in [1.82, 2.24) is 24.9 Å². The second kappa shape index (κ2) is 5.73. The number of oxazole rings is 1. The van der Waals surface area contributed by atoms with Crippen LogP contribution in [0.2, 0.25) is 0 Å². The molecule has 0 aliphatic carbocycles. The highest BCUT2D eigenvalue weighted by atomic mass is 16.5. The number of H-pyrrole nitrogens is 1. The van der Waals surface area contributed by atoms with Crippen molar-refractivity contribution in [2.75, 3.05) is 18.1 Å². The molecule has 1 N–H and O–H groups in total. The first-order valence-electron chi connectivity index (χ1n) is 8.26.